The molecule has 0 amide bonds. The van der Waals surface area contributed by atoms with Crippen LogP contribution in [0.1, 0.15) is 19.8 Å². The second-order valence-corrected chi connectivity index (χ2v) is 3.20. The largest absolute Gasteiger partial charge is 0.373 e. The fraction of sp³-hybridized carbons (Fsp3) is 1.00. The van der Waals surface area contributed by atoms with Crippen molar-refractivity contribution < 1.29 is 9.47 Å². The molecule has 2 aliphatic heterocycles. The lowest BCUT2D eigenvalue weighted by molar-refractivity contribution is 0.251. The molecular weight excluding hydrogens is 128 g/mol. The van der Waals surface area contributed by atoms with Gasteiger partial charge in [-0.1, -0.05) is 13.3 Å². The first-order valence-electron chi connectivity index (χ1n) is 4.15. The standard InChI is InChI=1S/C8H14O2/c1-2-3-6(7-4-9-7)8-5-10-8/h6-8H,2-5H2,1H3. The van der Waals surface area contributed by atoms with Crippen LogP contribution in [0.3, 0.4) is 0 Å². The molecule has 0 aliphatic carbocycles. The molecule has 0 spiro atoms. The highest BCUT2D eigenvalue weighted by molar-refractivity contribution is 4.89. The van der Waals surface area contributed by atoms with Gasteiger partial charge in [-0.2, -0.15) is 0 Å². The SMILES string of the molecule is CCCC(C1CO1)C1CO1. The van der Waals surface area contributed by atoms with E-state index in [0.717, 1.165) is 13.2 Å². The zero-order valence-electron chi connectivity index (χ0n) is 6.38. The van der Waals surface area contributed by atoms with E-state index in [0.29, 0.717) is 18.1 Å². The van der Waals surface area contributed by atoms with Crippen molar-refractivity contribution in [2.24, 2.45) is 5.92 Å². The van der Waals surface area contributed by atoms with Crippen LogP contribution in [0.5, 0.6) is 0 Å². The molecule has 0 radical (unpaired) electrons. The third-order valence-corrected chi connectivity index (χ3v) is 2.30. The molecule has 2 nitrogen and oxygen atoms in total. The summed E-state index contributed by atoms with van der Waals surface area (Å²) in [4.78, 5) is 0. The Morgan fingerprint density at radius 3 is 2.10 bits per heavy atom. The molecular formula is C8H14O2. The van der Waals surface area contributed by atoms with E-state index in [-0.39, 0.29) is 0 Å². The minimum atomic E-state index is 0.549. The van der Waals surface area contributed by atoms with Gasteiger partial charge in [-0.25, -0.2) is 0 Å². The van der Waals surface area contributed by atoms with Crippen molar-refractivity contribution in [1.29, 1.82) is 0 Å². The summed E-state index contributed by atoms with van der Waals surface area (Å²) < 4.78 is 10.5. The van der Waals surface area contributed by atoms with Gasteiger partial charge in [0.05, 0.1) is 25.4 Å². The van der Waals surface area contributed by atoms with Gasteiger partial charge in [0.25, 0.3) is 0 Å². The van der Waals surface area contributed by atoms with E-state index in [1.165, 1.54) is 12.8 Å². The molecule has 2 rings (SSSR count). The van der Waals surface area contributed by atoms with Gasteiger partial charge < -0.3 is 9.47 Å². The molecule has 2 heteroatoms. The van der Waals surface area contributed by atoms with Crippen LogP contribution in [-0.4, -0.2) is 25.4 Å². The van der Waals surface area contributed by atoms with E-state index >= 15 is 0 Å². The zero-order valence-corrected chi connectivity index (χ0v) is 6.38. The minimum Gasteiger partial charge on any atom is -0.373 e. The summed E-state index contributed by atoms with van der Waals surface area (Å²) in [5.74, 6) is 0.713. The Hall–Kier alpha value is -0.0800. The molecule has 2 fully saturated rings. The smallest absolute Gasteiger partial charge is 0.0863 e. The van der Waals surface area contributed by atoms with Gasteiger partial charge >= 0.3 is 0 Å². The highest BCUT2D eigenvalue weighted by Crippen LogP contribution is 2.34. The topological polar surface area (TPSA) is 25.1 Å². The predicted molar refractivity (Wildman–Crippen MR) is 37.9 cm³/mol. The van der Waals surface area contributed by atoms with Crippen molar-refractivity contribution in [2.45, 2.75) is 32.0 Å². The van der Waals surface area contributed by atoms with E-state index in [1.807, 2.05) is 0 Å². The third-order valence-electron chi connectivity index (χ3n) is 2.30. The van der Waals surface area contributed by atoms with Gasteiger partial charge in [-0.3, -0.25) is 0 Å². The molecule has 2 heterocycles. The van der Waals surface area contributed by atoms with Crippen LogP contribution >= 0.6 is 0 Å². The van der Waals surface area contributed by atoms with Crippen LogP contribution in [0.2, 0.25) is 0 Å². The van der Waals surface area contributed by atoms with Gasteiger partial charge in [0.2, 0.25) is 0 Å². The molecule has 0 aromatic rings. The summed E-state index contributed by atoms with van der Waals surface area (Å²) in [5, 5.41) is 0. The third kappa shape index (κ3) is 1.32. The summed E-state index contributed by atoms with van der Waals surface area (Å²) in [6.07, 6.45) is 3.62. The lowest BCUT2D eigenvalue weighted by Crippen LogP contribution is -2.14. The number of rotatable bonds is 4. The molecule has 0 aromatic heterocycles. The molecule has 0 aromatic carbocycles. The van der Waals surface area contributed by atoms with E-state index in [2.05, 4.69) is 6.92 Å². The number of hydrogen-bond acceptors (Lipinski definition) is 2. The lowest BCUT2D eigenvalue weighted by atomic mass is 9.97. The summed E-state index contributed by atoms with van der Waals surface area (Å²) >= 11 is 0. The summed E-state index contributed by atoms with van der Waals surface area (Å²) in [6, 6.07) is 0. The van der Waals surface area contributed by atoms with Crippen molar-refractivity contribution in [3.63, 3.8) is 0 Å². The number of epoxide rings is 2. The van der Waals surface area contributed by atoms with Crippen molar-refractivity contribution in [1.82, 2.24) is 0 Å². The van der Waals surface area contributed by atoms with E-state index in [9.17, 15) is 0 Å². The molecule has 0 bridgehead atoms. The van der Waals surface area contributed by atoms with Crippen LogP contribution in [0.4, 0.5) is 0 Å². The maximum Gasteiger partial charge on any atom is 0.0863 e. The minimum absolute atomic E-state index is 0.549. The highest BCUT2D eigenvalue weighted by atomic mass is 16.6. The van der Waals surface area contributed by atoms with E-state index in [1.54, 1.807) is 0 Å². The Labute approximate surface area is 61.5 Å². The van der Waals surface area contributed by atoms with Crippen molar-refractivity contribution in [3.8, 4) is 0 Å². The van der Waals surface area contributed by atoms with Crippen molar-refractivity contribution in [2.75, 3.05) is 13.2 Å². The van der Waals surface area contributed by atoms with Crippen LogP contribution in [0.25, 0.3) is 0 Å². The summed E-state index contributed by atoms with van der Waals surface area (Å²) in [5.41, 5.74) is 0. The average Bonchev–Trinajstić information content (AvgIpc) is 2.77. The first-order valence-corrected chi connectivity index (χ1v) is 4.15. The fourth-order valence-electron chi connectivity index (χ4n) is 1.55. The predicted octanol–water partition coefficient (Wildman–Crippen LogP) is 1.20. The van der Waals surface area contributed by atoms with E-state index in [4.69, 9.17) is 9.47 Å². The van der Waals surface area contributed by atoms with Gasteiger partial charge in [-0.05, 0) is 6.42 Å². The number of hydrogen-bond donors (Lipinski definition) is 0. The Kier molecular flexibility index (Phi) is 1.66. The van der Waals surface area contributed by atoms with Gasteiger partial charge in [-0.15, -0.1) is 0 Å². The Morgan fingerprint density at radius 2 is 1.80 bits per heavy atom. The lowest BCUT2D eigenvalue weighted by Gasteiger charge is -2.07. The Balaban J connectivity index is 1.80. The highest BCUT2D eigenvalue weighted by Gasteiger charge is 2.43. The van der Waals surface area contributed by atoms with E-state index < -0.39 is 0 Å². The first kappa shape index (κ1) is 6.62. The Morgan fingerprint density at radius 1 is 1.30 bits per heavy atom. The molecule has 2 atom stereocenters. The van der Waals surface area contributed by atoms with Crippen LogP contribution in [-0.2, 0) is 9.47 Å². The zero-order chi connectivity index (χ0) is 6.97. The molecule has 2 saturated heterocycles. The maximum atomic E-state index is 5.24. The second-order valence-electron chi connectivity index (χ2n) is 3.20. The van der Waals surface area contributed by atoms with Gasteiger partial charge in [0, 0.05) is 5.92 Å². The summed E-state index contributed by atoms with van der Waals surface area (Å²) in [7, 11) is 0. The molecule has 58 valence electrons. The quantitative estimate of drug-likeness (QED) is 0.551. The van der Waals surface area contributed by atoms with Crippen LogP contribution in [0.15, 0.2) is 0 Å². The van der Waals surface area contributed by atoms with Gasteiger partial charge in [0.1, 0.15) is 0 Å². The normalized spacial score (nSPS) is 39.3. The van der Waals surface area contributed by atoms with Crippen LogP contribution < -0.4 is 0 Å². The molecule has 10 heavy (non-hydrogen) atoms. The monoisotopic (exact) mass is 142 g/mol. The summed E-state index contributed by atoms with van der Waals surface area (Å²) in [6.45, 7) is 4.17. The van der Waals surface area contributed by atoms with Crippen LogP contribution in [0, 0.1) is 5.92 Å². The number of ether oxygens (including phenoxy) is 2. The molecule has 2 aliphatic rings. The Bertz CT molecular complexity index is 104. The molecule has 0 N–H and O–H groups in total. The first-order chi connectivity index (χ1) is 4.92. The van der Waals surface area contributed by atoms with Gasteiger partial charge in [0.15, 0.2) is 0 Å². The van der Waals surface area contributed by atoms with Crippen molar-refractivity contribution >= 4 is 0 Å². The second kappa shape index (κ2) is 2.51. The fourth-order valence-corrected chi connectivity index (χ4v) is 1.55. The molecule has 0 saturated carbocycles. The van der Waals surface area contributed by atoms with Crippen molar-refractivity contribution in [3.05, 3.63) is 0 Å². The maximum absolute atomic E-state index is 5.24. The molecule has 2 unspecified atom stereocenters. The average molecular weight is 142 g/mol.